The highest BCUT2D eigenvalue weighted by molar-refractivity contribution is 7.14. The van der Waals surface area contributed by atoms with Crippen LogP contribution >= 0.6 is 22.7 Å². The zero-order valence-electron chi connectivity index (χ0n) is 30.5. The average molecular weight is 744 g/mol. The molecular weight excluding hydrogens is 707 g/mol. The zero-order valence-corrected chi connectivity index (χ0v) is 32.1. The maximum absolute atomic E-state index is 4.93. The second kappa shape index (κ2) is 15.0. The van der Waals surface area contributed by atoms with E-state index in [1.165, 1.54) is 5.56 Å². The van der Waals surface area contributed by atoms with Crippen LogP contribution in [0.1, 0.15) is 17.0 Å². The lowest BCUT2D eigenvalue weighted by atomic mass is 10.0. The van der Waals surface area contributed by atoms with Gasteiger partial charge < -0.3 is 15.5 Å². The van der Waals surface area contributed by atoms with Gasteiger partial charge in [0.25, 0.3) is 0 Å². The number of pyridine rings is 4. The van der Waals surface area contributed by atoms with E-state index in [1.807, 2.05) is 75.7 Å². The number of nitrogens with zero attached hydrogens (tertiary/aromatic N) is 7. The van der Waals surface area contributed by atoms with Crippen molar-refractivity contribution in [3.63, 3.8) is 0 Å². The number of nitrogens with one attached hydrogen (secondary N) is 2. The minimum Gasteiger partial charge on any atom is -0.363 e. The lowest BCUT2D eigenvalue weighted by Gasteiger charge is -2.13. The Kier molecular flexibility index (Phi) is 9.64. The van der Waals surface area contributed by atoms with Crippen molar-refractivity contribution in [2.45, 2.75) is 20.8 Å². The molecule has 0 bridgehead atoms. The van der Waals surface area contributed by atoms with E-state index >= 15 is 0 Å². The summed E-state index contributed by atoms with van der Waals surface area (Å²) in [6.07, 6.45) is 5.63. The molecule has 9 nitrogen and oxygen atoms in total. The molecule has 0 saturated carbocycles. The van der Waals surface area contributed by atoms with Gasteiger partial charge in [-0.2, -0.15) is 0 Å². The van der Waals surface area contributed by atoms with Gasteiger partial charge in [-0.1, -0.05) is 48.5 Å². The molecule has 0 aliphatic heterocycles. The van der Waals surface area contributed by atoms with E-state index in [4.69, 9.17) is 19.9 Å². The summed E-state index contributed by atoms with van der Waals surface area (Å²) >= 11 is 3.10. The summed E-state index contributed by atoms with van der Waals surface area (Å²) in [5.74, 6) is 2.38. The largest absolute Gasteiger partial charge is 0.363 e. The Bertz CT molecular complexity index is 2560. The Morgan fingerprint density at radius 1 is 0.537 bits per heavy atom. The van der Waals surface area contributed by atoms with E-state index in [9.17, 15) is 0 Å². The molecule has 2 N–H and O–H groups in total. The molecule has 0 spiro atoms. The van der Waals surface area contributed by atoms with Crippen LogP contribution in [0.15, 0.2) is 120 Å². The normalized spacial score (nSPS) is 11.1. The van der Waals surface area contributed by atoms with Crippen LogP contribution in [0, 0.1) is 20.8 Å². The fraction of sp³-hybridized carbons (Fsp3) is 0.116. The molecule has 266 valence electrons. The van der Waals surface area contributed by atoms with Gasteiger partial charge in [0.2, 0.25) is 0 Å². The van der Waals surface area contributed by atoms with E-state index in [1.54, 1.807) is 22.7 Å². The highest BCUT2D eigenvalue weighted by Gasteiger charge is 2.14. The second-order valence-electron chi connectivity index (χ2n) is 13.2. The summed E-state index contributed by atoms with van der Waals surface area (Å²) in [5, 5.41) is 12.6. The monoisotopic (exact) mass is 743 g/mol. The third kappa shape index (κ3) is 7.59. The molecule has 0 radical (unpaired) electrons. The number of hydrogen-bond donors (Lipinski definition) is 2. The molecule has 2 aromatic carbocycles. The number of rotatable bonds is 10. The molecule has 0 aliphatic carbocycles. The van der Waals surface area contributed by atoms with Crippen LogP contribution in [0.25, 0.3) is 55.9 Å². The van der Waals surface area contributed by atoms with E-state index in [-0.39, 0.29) is 0 Å². The Hall–Kier alpha value is -6.30. The average Bonchev–Trinajstić information content (AvgIpc) is 3.85. The molecule has 8 aromatic rings. The lowest BCUT2D eigenvalue weighted by Crippen LogP contribution is -2.09. The van der Waals surface area contributed by atoms with Crippen LogP contribution in [-0.4, -0.2) is 44.0 Å². The van der Waals surface area contributed by atoms with E-state index in [0.717, 1.165) is 89.2 Å². The van der Waals surface area contributed by atoms with E-state index in [2.05, 4.69) is 105 Å². The third-order valence-corrected chi connectivity index (χ3v) is 10.5. The van der Waals surface area contributed by atoms with Gasteiger partial charge in [0.05, 0.1) is 11.4 Å². The van der Waals surface area contributed by atoms with E-state index in [0.29, 0.717) is 5.82 Å². The van der Waals surface area contributed by atoms with Crippen molar-refractivity contribution in [1.82, 2.24) is 29.9 Å². The lowest BCUT2D eigenvalue weighted by molar-refractivity contribution is 1.07. The molecule has 0 atom stereocenters. The highest BCUT2D eigenvalue weighted by atomic mass is 32.1. The topological polar surface area (TPSA) is 105 Å². The van der Waals surface area contributed by atoms with Gasteiger partial charge in [-0.3, -0.25) is 4.98 Å². The number of aryl methyl sites for hydroxylation is 3. The molecule has 54 heavy (non-hydrogen) atoms. The van der Waals surface area contributed by atoms with Gasteiger partial charge in [0.15, 0.2) is 10.3 Å². The number of benzene rings is 2. The minimum atomic E-state index is 0.713. The molecule has 11 heteroatoms. The van der Waals surface area contributed by atoms with Crippen LogP contribution in [0.3, 0.4) is 0 Å². The summed E-state index contributed by atoms with van der Waals surface area (Å²) in [4.78, 5) is 30.3. The molecule has 0 fully saturated rings. The summed E-state index contributed by atoms with van der Waals surface area (Å²) in [7, 11) is 3.98. The van der Waals surface area contributed by atoms with Crippen molar-refractivity contribution >= 4 is 50.4 Å². The predicted molar refractivity (Wildman–Crippen MR) is 224 cm³/mol. The van der Waals surface area contributed by atoms with Gasteiger partial charge >= 0.3 is 0 Å². The van der Waals surface area contributed by atoms with E-state index < -0.39 is 0 Å². The molecule has 0 saturated heterocycles. The number of hydrogen-bond acceptors (Lipinski definition) is 11. The van der Waals surface area contributed by atoms with Crippen molar-refractivity contribution in [2.75, 3.05) is 29.6 Å². The van der Waals surface area contributed by atoms with Crippen molar-refractivity contribution in [1.29, 1.82) is 0 Å². The molecule has 0 aliphatic rings. The molecule has 8 rings (SSSR count). The summed E-state index contributed by atoms with van der Waals surface area (Å²) in [6.45, 7) is 6.07. The maximum Gasteiger partial charge on any atom is 0.188 e. The van der Waals surface area contributed by atoms with Crippen LogP contribution in [0.4, 0.5) is 27.7 Å². The van der Waals surface area contributed by atoms with Gasteiger partial charge in [-0.15, -0.1) is 22.7 Å². The summed E-state index contributed by atoms with van der Waals surface area (Å²) in [6, 6.07) is 31.3. The number of anilines is 5. The van der Waals surface area contributed by atoms with Crippen molar-refractivity contribution < 1.29 is 0 Å². The third-order valence-electron chi connectivity index (χ3n) is 9.00. The maximum atomic E-state index is 4.93. The zero-order chi connectivity index (χ0) is 37.2. The minimum absolute atomic E-state index is 0.713. The predicted octanol–water partition coefficient (Wildman–Crippen LogP) is 11.0. The second-order valence-corrected chi connectivity index (χ2v) is 14.9. The van der Waals surface area contributed by atoms with Gasteiger partial charge in [-0.05, 0) is 91.1 Å². The standard InChI is InChI=1S/C43H37N9S2/c1-26-22-44-19-18-35(26)30-9-13-32(14-10-30)37-24-53-42(48-37)50-39-21-34(20-28(3)46-39)36-16-6-27(2)47-41(36)51-43-49-38(25-54-43)31-11-7-29(8-12-31)33-15-17-40(45-23-33)52(4)5/h6-25H,1-5H3,(H,46,48,50)(H,47,49,51). The summed E-state index contributed by atoms with van der Waals surface area (Å²) < 4.78 is 0. The van der Waals surface area contributed by atoms with Crippen molar-refractivity contribution in [3.8, 4) is 55.9 Å². The van der Waals surface area contributed by atoms with Crippen molar-refractivity contribution in [2.24, 2.45) is 0 Å². The fourth-order valence-corrected chi connectivity index (χ4v) is 7.63. The summed E-state index contributed by atoms with van der Waals surface area (Å²) in [5.41, 5.74) is 13.3. The van der Waals surface area contributed by atoms with Crippen molar-refractivity contribution in [3.05, 3.63) is 137 Å². The Labute approximate surface area is 322 Å². The molecule has 0 unspecified atom stereocenters. The smallest absolute Gasteiger partial charge is 0.188 e. The van der Waals surface area contributed by atoms with Crippen LogP contribution in [0.2, 0.25) is 0 Å². The first kappa shape index (κ1) is 34.8. The van der Waals surface area contributed by atoms with Crippen LogP contribution in [0.5, 0.6) is 0 Å². The molecule has 0 amide bonds. The first-order chi connectivity index (χ1) is 26.3. The Morgan fingerprint density at radius 3 is 1.83 bits per heavy atom. The molecule has 6 aromatic heterocycles. The molecule has 6 heterocycles. The SMILES string of the molecule is Cc1cc(-c2ccc(C)nc2Nc2nc(-c3ccc(-c4ccc(N(C)C)nc4)cc3)cs2)cc(Nc2nc(-c3ccc(-c4ccncc4C)cc3)cs2)n1. The van der Waals surface area contributed by atoms with Crippen LogP contribution in [-0.2, 0) is 0 Å². The Balaban J connectivity index is 0.986. The van der Waals surface area contributed by atoms with Gasteiger partial charge in [0, 0.05) is 77.1 Å². The first-order valence-electron chi connectivity index (χ1n) is 17.4. The number of thiazole rings is 2. The Morgan fingerprint density at radius 2 is 1.19 bits per heavy atom. The highest BCUT2D eigenvalue weighted by Crippen LogP contribution is 2.35. The van der Waals surface area contributed by atoms with Crippen LogP contribution < -0.4 is 15.5 Å². The van der Waals surface area contributed by atoms with Gasteiger partial charge in [-0.25, -0.2) is 24.9 Å². The molecular formula is C43H37N9S2. The number of aromatic nitrogens is 6. The first-order valence-corrected chi connectivity index (χ1v) is 19.2. The van der Waals surface area contributed by atoms with Gasteiger partial charge in [0.1, 0.15) is 17.5 Å². The fourth-order valence-electron chi connectivity index (χ4n) is 6.18. The quantitative estimate of drug-likeness (QED) is 0.142.